The van der Waals surface area contributed by atoms with Gasteiger partial charge in [0.05, 0.1) is 17.7 Å². The molecule has 0 radical (unpaired) electrons. The molecular formula is C14H24N3O12P3. The molecule has 2 saturated carbocycles. The minimum absolute atomic E-state index is 0.0654. The van der Waals surface area contributed by atoms with E-state index in [4.69, 9.17) is 20.0 Å². The van der Waals surface area contributed by atoms with Gasteiger partial charge in [0.15, 0.2) is 0 Å². The third-order valence-electron chi connectivity index (χ3n) is 5.42. The minimum atomic E-state index is -5.58. The lowest BCUT2D eigenvalue weighted by Gasteiger charge is -2.24. The van der Waals surface area contributed by atoms with Crippen LogP contribution in [0.4, 0.5) is 5.82 Å². The van der Waals surface area contributed by atoms with Crippen molar-refractivity contribution < 1.29 is 51.5 Å². The Hall–Kier alpha value is -0.950. The summed E-state index contributed by atoms with van der Waals surface area (Å²) in [5.41, 5.74) is 3.70. The highest BCUT2D eigenvalue weighted by Crippen LogP contribution is 2.67. The van der Waals surface area contributed by atoms with Gasteiger partial charge < -0.3 is 30.4 Å². The van der Waals surface area contributed by atoms with Gasteiger partial charge >= 0.3 is 29.2 Å². The number of rotatable bonds is 10. The van der Waals surface area contributed by atoms with Crippen LogP contribution in [0.1, 0.15) is 44.6 Å². The molecule has 0 aliphatic heterocycles. The van der Waals surface area contributed by atoms with Crippen LogP contribution in [-0.4, -0.2) is 45.9 Å². The maximum atomic E-state index is 12.1. The average molecular weight is 519 g/mol. The Morgan fingerprint density at radius 1 is 1.16 bits per heavy atom. The number of aromatic nitrogens is 2. The Bertz CT molecular complexity index is 1060. The van der Waals surface area contributed by atoms with Crippen LogP contribution in [0, 0.1) is 5.92 Å². The number of nitrogen functional groups attached to an aromatic ring is 1. The van der Waals surface area contributed by atoms with E-state index in [1.165, 1.54) is 16.8 Å². The second-order valence-electron chi connectivity index (χ2n) is 7.83. The lowest BCUT2D eigenvalue weighted by molar-refractivity contribution is 0.0777. The number of phosphoric ester groups is 1. The third kappa shape index (κ3) is 6.78. The molecule has 3 rings (SSSR count). The molecule has 6 atom stereocenters. The monoisotopic (exact) mass is 519 g/mol. The molecule has 0 aromatic carbocycles. The number of hydrogen-bond acceptors (Lipinski definition) is 10. The van der Waals surface area contributed by atoms with E-state index in [1.807, 2.05) is 0 Å². The molecule has 2 aliphatic carbocycles. The summed E-state index contributed by atoms with van der Waals surface area (Å²) in [5.74, 6) is -0.248. The molecule has 0 amide bonds. The van der Waals surface area contributed by atoms with Gasteiger partial charge in [0.1, 0.15) is 5.82 Å². The largest absolute Gasteiger partial charge is 0.490 e. The molecule has 182 valence electrons. The highest BCUT2D eigenvalue weighted by atomic mass is 31.3. The lowest BCUT2D eigenvalue weighted by Crippen LogP contribution is -2.27. The van der Waals surface area contributed by atoms with Gasteiger partial charge in [-0.15, -0.1) is 0 Å². The van der Waals surface area contributed by atoms with Crippen LogP contribution < -0.4 is 11.4 Å². The fourth-order valence-corrected chi connectivity index (χ4v) is 7.22. The van der Waals surface area contributed by atoms with Gasteiger partial charge in [-0.3, -0.25) is 9.09 Å². The second kappa shape index (κ2) is 9.01. The van der Waals surface area contributed by atoms with Gasteiger partial charge in [-0.05, 0) is 37.7 Å². The van der Waals surface area contributed by atoms with E-state index in [0.717, 1.165) is 0 Å². The number of phosphoric acid groups is 3. The molecule has 1 aromatic rings. The van der Waals surface area contributed by atoms with Crippen molar-refractivity contribution in [3.63, 3.8) is 0 Å². The van der Waals surface area contributed by atoms with Crippen LogP contribution in [0.15, 0.2) is 17.1 Å². The third-order valence-corrected chi connectivity index (χ3v) is 9.28. The molecule has 15 nitrogen and oxygen atoms in total. The van der Waals surface area contributed by atoms with Crippen molar-refractivity contribution in [1.82, 2.24) is 9.55 Å². The van der Waals surface area contributed by atoms with Crippen LogP contribution in [0.3, 0.4) is 0 Å². The number of nitrogens with zero attached hydrogens (tertiary/aromatic N) is 2. The summed E-state index contributed by atoms with van der Waals surface area (Å²) >= 11 is 0. The molecule has 2 fully saturated rings. The predicted octanol–water partition coefficient (Wildman–Crippen LogP) is 0.794. The standard InChI is InChI=1S/C14H24N3O12P3/c15-12-5-7-17(13(18)16-12)11-8-14(11,19)6-4-9-2-1-3-10(9)27-31(23,24)29-32(25,26)28-30(20,21)22/h5,7,9-11,19H,1-4,6,8H2,(H,23,24)(H,25,26)(H2,15,16,18)(H2,20,21,22)/t9?,10-,11+,14?/m0/s1. The molecular weight excluding hydrogens is 495 g/mol. The van der Waals surface area contributed by atoms with E-state index in [2.05, 4.69) is 13.6 Å². The molecule has 18 heteroatoms. The fourth-order valence-electron chi connectivity index (χ4n) is 3.94. The first kappa shape index (κ1) is 25.7. The van der Waals surface area contributed by atoms with Crippen molar-refractivity contribution in [2.75, 3.05) is 5.73 Å². The van der Waals surface area contributed by atoms with E-state index in [1.54, 1.807) is 0 Å². The van der Waals surface area contributed by atoms with Gasteiger partial charge in [0, 0.05) is 12.6 Å². The summed E-state index contributed by atoms with van der Waals surface area (Å²) in [5, 5.41) is 10.7. The molecule has 32 heavy (non-hydrogen) atoms. The van der Waals surface area contributed by atoms with Crippen LogP contribution in [0.25, 0.3) is 0 Å². The Morgan fingerprint density at radius 3 is 2.47 bits per heavy atom. The summed E-state index contributed by atoms with van der Waals surface area (Å²) in [6.45, 7) is 0. The molecule has 1 heterocycles. The van der Waals surface area contributed by atoms with Crippen molar-refractivity contribution in [2.24, 2.45) is 5.92 Å². The first-order valence-corrected chi connectivity index (χ1v) is 14.0. The topological polar surface area (TPSA) is 241 Å². The van der Waals surface area contributed by atoms with Gasteiger partial charge in [-0.2, -0.15) is 13.6 Å². The van der Waals surface area contributed by atoms with E-state index in [9.17, 15) is 33.4 Å². The normalized spacial score (nSPS) is 31.7. The molecule has 0 bridgehead atoms. The fraction of sp³-hybridized carbons (Fsp3) is 0.714. The van der Waals surface area contributed by atoms with Crippen molar-refractivity contribution in [3.8, 4) is 0 Å². The van der Waals surface area contributed by atoms with Gasteiger partial charge in [-0.25, -0.2) is 18.5 Å². The van der Waals surface area contributed by atoms with Crippen LogP contribution in [-0.2, 0) is 26.8 Å². The first-order valence-electron chi connectivity index (χ1n) is 9.48. The zero-order chi connectivity index (χ0) is 23.9. The summed E-state index contributed by atoms with van der Waals surface area (Å²) in [7, 11) is -16.3. The number of anilines is 1. The van der Waals surface area contributed by atoms with E-state index >= 15 is 0 Å². The summed E-state index contributed by atoms with van der Waals surface area (Å²) in [6, 6.07) is 0.955. The Labute approximate surface area is 181 Å². The Balaban J connectivity index is 1.57. The number of aliphatic hydroxyl groups is 1. The lowest BCUT2D eigenvalue weighted by atomic mass is 9.96. The first-order chi connectivity index (χ1) is 14.6. The molecule has 1 aromatic heterocycles. The zero-order valence-corrected chi connectivity index (χ0v) is 19.2. The number of hydrogen-bond donors (Lipinski definition) is 6. The maximum Gasteiger partial charge on any atom is 0.490 e. The average Bonchev–Trinajstić information content (AvgIpc) is 3.04. The second-order valence-corrected chi connectivity index (χ2v) is 12.2. The zero-order valence-electron chi connectivity index (χ0n) is 16.5. The van der Waals surface area contributed by atoms with Gasteiger partial charge in [0.2, 0.25) is 0 Å². The highest BCUT2D eigenvalue weighted by molar-refractivity contribution is 7.66. The predicted molar refractivity (Wildman–Crippen MR) is 107 cm³/mol. The SMILES string of the molecule is Nc1ccn([C@@H]2CC2(O)CCC2CCC[C@@H]2OP(=O)(O)OP(=O)(O)OP(=O)(O)O)c(=O)n1. The molecule has 2 aliphatic rings. The van der Waals surface area contributed by atoms with Gasteiger partial charge in [-0.1, -0.05) is 6.42 Å². The van der Waals surface area contributed by atoms with Crippen molar-refractivity contribution in [1.29, 1.82) is 0 Å². The molecule has 7 N–H and O–H groups in total. The van der Waals surface area contributed by atoms with Crippen LogP contribution in [0.2, 0.25) is 0 Å². The van der Waals surface area contributed by atoms with Gasteiger partial charge in [0.25, 0.3) is 0 Å². The summed E-state index contributed by atoms with van der Waals surface area (Å²) < 4.78 is 47.9. The molecule has 0 spiro atoms. The van der Waals surface area contributed by atoms with Crippen molar-refractivity contribution in [3.05, 3.63) is 22.7 Å². The maximum absolute atomic E-state index is 12.1. The van der Waals surface area contributed by atoms with Crippen LogP contribution >= 0.6 is 23.5 Å². The Morgan fingerprint density at radius 2 is 1.84 bits per heavy atom. The minimum Gasteiger partial charge on any atom is -0.388 e. The van der Waals surface area contributed by atoms with Crippen LogP contribution in [0.5, 0.6) is 0 Å². The smallest absolute Gasteiger partial charge is 0.388 e. The Kier molecular flexibility index (Phi) is 7.23. The quantitative estimate of drug-likeness (QED) is 0.234. The van der Waals surface area contributed by atoms with E-state index in [-0.39, 0.29) is 18.2 Å². The van der Waals surface area contributed by atoms with E-state index in [0.29, 0.717) is 32.1 Å². The number of nitrogens with two attached hydrogens (primary N) is 1. The summed E-state index contributed by atoms with van der Waals surface area (Å²) in [6.07, 6.45) is 2.98. The van der Waals surface area contributed by atoms with E-state index < -0.39 is 46.9 Å². The van der Waals surface area contributed by atoms with Crippen molar-refractivity contribution in [2.45, 2.75) is 56.3 Å². The summed E-state index contributed by atoms with van der Waals surface area (Å²) in [4.78, 5) is 51.7. The van der Waals surface area contributed by atoms with Crippen molar-refractivity contribution >= 4 is 29.3 Å². The molecule has 4 unspecified atom stereocenters. The highest BCUT2D eigenvalue weighted by Gasteiger charge is 2.55. The molecule has 0 saturated heterocycles.